The van der Waals surface area contributed by atoms with Crippen molar-refractivity contribution in [2.24, 2.45) is 16.3 Å². The number of halogens is 3. The Morgan fingerprint density at radius 3 is 2.48 bits per heavy atom. The molecule has 7 aliphatic rings. The molecule has 4 N–H and O–H groups in total. The highest BCUT2D eigenvalue weighted by Gasteiger charge is 2.47. The number of alkyl halides is 2. The largest absolute Gasteiger partial charge is 0.363 e. The van der Waals surface area contributed by atoms with Crippen LogP contribution in [-0.2, 0) is 16.1 Å². The first-order valence-corrected chi connectivity index (χ1v) is 23.7. The molecule has 3 aromatic rings. The quantitative estimate of drug-likeness (QED) is 0.229. The van der Waals surface area contributed by atoms with Crippen molar-refractivity contribution >= 4 is 63.5 Å². The Labute approximate surface area is 387 Å². The number of carbonyl (C=O) groups is 4. The van der Waals surface area contributed by atoms with Crippen molar-refractivity contribution in [1.82, 2.24) is 50.9 Å². The minimum absolute atomic E-state index is 0.0668. The maximum Gasteiger partial charge on any atom is 0.328 e. The predicted octanol–water partition coefficient (Wildman–Crippen LogP) is 5.05. The summed E-state index contributed by atoms with van der Waals surface area (Å²) in [5.41, 5.74) is 7.86. The van der Waals surface area contributed by atoms with Crippen molar-refractivity contribution in [2.45, 2.75) is 89.4 Å². The van der Waals surface area contributed by atoms with E-state index >= 15 is 8.78 Å². The third-order valence-corrected chi connectivity index (χ3v) is 15.5. The van der Waals surface area contributed by atoms with Gasteiger partial charge in [0, 0.05) is 92.6 Å². The number of amides is 5. The number of hydrazine groups is 1. The molecule has 2 unspecified atom stereocenters. The molecule has 0 radical (unpaired) electrons. The maximum atomic E-state index is 16.1. The summed E-state index contributed by atoms with van der Waals surface area (Å²) in [5.74, 6) is -3.61. The molecule has 19 heteroatoms. The number of fused-ring (bicyclic) bond motifs is 2. The topological polar surface area (TPSA) is 163 Å². The SMILES string of the molecule is CN=C1C=C(n2cc3c(CN4CCC(CN5CCC6(CC5)CCN(C(=O)c5cc(Cl)c(C)c(N7CCC(=O)NC7=O)c5)CC6)C(F)(F)C4)cccc3n2)NN2C(C(=O)NC3CCC3)=CNC12. The lowest BCUT2D eigenvalue weighted by atomic mass is 9.71. The van der Waals surface area contributed by atoms with Crippen LogP contribution >= 0.6 is 11.6 Å². The number of aromatic nitrogens is 2. The van der Waals surface area contributed by atoms with Crippen molar-refractivity contribution in [3.63, 3.8) is 0 Å². The number of hydrogen-bond donors (Lipinski definition) is 4. The van der Waals surface area contributed by atoms with E-state index < -0.39 is 17.9 Å². The molecule has 2 aromatic carbocycles. The fourth-order valence-corrected chi connectivity index (χ4v) is 10.9. The number of anilines is 1. The van der Waals surface area contributed by atoms with Crippen LogP contribution in [0.3, 0.4) is 0 Å². The van der Waals surface area contributed by atoms with Crippen LogP contribution in [0.1, 0.15) is 79.3 Å². The first-order chi connectivity index (χ1) is 31.8. The number of carbonyl (C=O) groups excluding carboxylic acids is 4. The summed E-state index contributed by atoms with van der Waals surface area (Å²) in [7, 11) is 1.71. The molecule has 10 rings (SSSR count). The van der Waals surface area contributed by atoms with Crippen molar-refractivity contribution < 1.29 is 28.0 Å². The average Bonchev–Trinajstić information content (AvgIpc) is 3.93. The van der Waals surface area contributed by atoms with E-state index in [1.807, 2.05) is 40.3 Å². The Morgan fingerprint density at radius 1 is 1.00 bits per heavy atom. The van der Waals surface area contributed by atoms with Crippen molar-refractivity contribution in [2.75, 3.05) is 64.3 Å². The molecule has 4 saturated heterocycles. The third-order valence-electron chi connectivity index (χ3n) is 15.1. The summed E-state index contributed by atoms with van der Waals surface area (Å²) in [5, 5.41) is 16.6. The fourth-order valence-electron chi connectivity index (χ4n) is 10.7. The number of nitrogens with one attached hydrogen (secondary N) is 4. The molecule has 0 bridgehead atoms. The van der Waals surface area contributed by atoms with Crippen LogP contribution in [0.25, 0.3) is 16.7 Å². The molecule has 2 atom stereocenters. The molecule has 350 valence electrons. The van der Waals surface area contributed by atoms with Gasteiger partial charge in [0.1, 0.15) is 11.5 Å². The summed E-state index contributed by atoms with van der Waals surface area (Å²) in [6.45, 7) is 5.66. The molecule has 7 heterocycles. The molecule has 66 heavy (non-hydrogen) atoms. The number of piperidine rings is 3. The van der Waals surface area contributed by atoms with Gasteiger partial charge < -0.3 is 20.4 Å². The van der Waals surface area contributed by atoms with Crippen molar-refractivity contribution in [3.8, 4) is 0 Å². The number of benzene rings is 2. The zero-order valence-corrected chi connectivity index (χ0v) is 38.2. The van der Waals surface area contributed by atoms with Gasteiger partial charge in [-0.1, -0.05) is 23.7 Å². The molecule has 6 aliphatic heterocycles. The first kappa shape index (κ1) is 44.3. The Bertz CT molecular complexity index is 2540. The average molecular weight is 928 g/mol. The minimum Gasteiger partial charge on any atom is -0.363 e. The summed E-state index contributed by atoms with van der Waals surface area (Å²) in [6.07, 6.45) is 12.3. The van der Waals surface area contributed by atoms with E-state index in [-0.39, 0.29) is 54.9 Å². The van der Waals surface area contributed by atoms with Gasteiger partial charge in [0.2, 0.25) is 5.91 Å². The standard InChI is InChI=1S/C47H57ClF2N12O4/c1-29-35(48)21-31(22-38(29)60-16-10-41(63)54-45(60)66)44(65)59-19-13-46(14-20-59)11-17-57(18-12-46)26-32-9-15-58(28-47(32,49)50)25-30-5-3-8-36-34(30)27-61(55-36)40-23-37(51-2)42-52-24-39(62(42)56-40)43(64)53-33-6-4-7-33/h3,5,8,21-24,27,32-33,42,52,56H,4,6-7,9-20,25-26,28H2,1-2H3,(H,53,64)(H,54,63,66). The zero-order valence-electron chi connectivity index (χ0n) is 37.4. The van der Waals surface area contributed by atoms with E-state index in [4.69, 9.17) is 16.7 Å². The van der Waals surface area contributed by atoms with Crippen LogP contribution in [-0.4, -0.2) is 136 Å². The molecule has 5 amide bonds. The first-order valence-electron chi connectivity index (χ1n) is 23.3. The highest BCUT2D eigenvalue weighted by Crippen LogP contribution is 2.43. The zero-order chi connectivity index (χ0) is 45.9. The van der Waals surface area contributed by atoms with E-state index in [2.05, 4.69) is 31.3 Å². The van der Waals surface area contributed by atoms with E-state index in [1.54, 1.807) is 42.0 Å². The van der Waals surface area contributed by atoms with Gasteiger partial charge in [-0.15, -0.1) is 0 Å². The molecule has 1 spiro atoms. The lowest BCUT2D eigenvalue weighted by Crippen LogP contribution is -2.55. The molecule has 1 aliphatic carbocycles. The molecule has 5 fully saturated rings. The van der Waals surface area contributed by atoms with Gasteiger partial charge >= 0.3 is 6.03 Å². The summed E-state index contributed by atoms with van der Waals surface area (Å²) >= 11 is 6.57. The second kappa shape index (κ2) is 17.6. The Hall–Kier alpha value is -5.59. The van der Waals surface area contributed by atoms with Crippen LogP contribution in [0, 0.1) is 18.3 Å². The predicted molar refractivity (Wildman–Crippen MR) is 246 cm³/mol. The Morgan fingerprint density at radius 2 is 1.77 bits per heavy atom. The number of likely N-dealkylation sites (tertiary alicyclic amines) is 3. The summed E-state index contributed by atoms with van der Waals surface area (Å²) in [4.78, 5) is 63.2. The second-order valence-corrected chi connectivity index (χ2v) is 19.6. The fraction of sp³-hybridized carbons (Fsp3) is 0.532. The second-order valence-electron chi connectivity index (χ2n) is 19.2. The Balaban J connectivity index is 0.723. The monoisotopic (exact) mass is 926 g/mol. The van der Waals surface area contributed by atoms with Gasteiger partial charge in [-0.25, -0.2) is 18.3 Å². The summed E-state index contributed by atoms with van der Waals surface area (Å²) < 4.78 is 33.9. The number of aliphatic imine (C=N–C) groups is 1. The molecule has 1 aromatic heterocycles. The summed E-state index contributed by atoms with van der Waals surface area (Å²) in [6, 6.07) is 8.81. The van der Waals surface area contributed by atoms with Crippen LogP contribution in [0.2, 0.25) is 5.02 Å². The number of rotatable bonds is 9. The lowest BCUT2D eigenvalue weighted by molar-refractivity contribution is -0.123. The van der Waals surface area contributed by atoms with E-state index in [0.717, 1.165) is 80.2 Å². The number of hydrogen-bond acceptors (Lipinski definition) is 11. The number of nitrogens with zero attached hydrogens (tertiary/aromatic N) is 8. The van der Waals surface area contributed by atoms with Crippen LogP contribution in [0.5, 0.6) is 0 Å². The van der Waals surface area contributed by atoms with Gasteiger partial charge in [0.25, 0.3) is 17.7 Å². The highest BCUT2D eigenvalue weighted by atomic mass is 35.5. The van der Waals surface area contributed by atoms with Crippen LogP contribution in [0.15, 0.2) is 59.5 Å². The Kier molecular flexibility index (Phi) is 11.8. The highest BCUT2D eigenvalue weighted by molar-refractivity contribution is 6.32. The molecule has 16 nitrogen and oxygen atoms in total. The molecular weight excluding hydrogens is 870 g/mol. The smallest absolute Gasteiger partial charge is 0.328 e. The van der Waals surface area contributed by atoms with Crippen molar-refractivity contribution in [1.29, 1.82) is 0 Å². The number of imide groups is 1. The van der Waals surface area contributed by atoms with Gasteiger partial charge in [0.05, 0.1) is 23.5 Å². The number of urea groups is 1. The molecule has 1 saturated carbocycles. The van der Waals surface area contributed by atoms with E-state index in [1.165, 1.54) is 4.90 Å². The van der Waals surface area contributed by atoms with Gasteiger partial charge in [0.15, 0.2) is 6.17 Å². The van der Waals surface area contributed by atoms with Gasteiger partial charge in [-0.2, -0.15) is 5.10 Å². The lowest BCUT2D eigenvalue weighted by Gasteiger charge is -2.48. The van der Waals surface area contributed by atoms with Crippen molar-refractivity contribution in [3.05, 3.63) is 76.2 Å². The van der Waals surface area contributed by atoms with Gasteiger partial charge in [-0.05, 0) is 113 Å². The van der Waals surface area contributed by atoms with E-state index in [0.29, 0.717) is 72.5 Å². The van der Waals surface area contributed by atoms with Crippen LogP contribution < -0.4 is 26.3 Å². The molecular formula is C47H57ClF2N12O4. The maximum absolute atomic E-state index is 16.1. The van der Waals surface area contributed by atoms with E-state index in [9.17, 15) is 19.2 Å². The van der Waals surface area contributed by atoms with Crippen LogP contribution in [0.4, 0.5) is 19.3 Å². The third kappa shape index (κ3) is 8.51. The minimum atomic E-state index is -2.85. The van der Waals surface area contributed by atoms with Gasteiger partial charge in [-0.3, -0.25) is 44.9 Å². The normalized spacial score (nSPS) is 25.2.